The zero-order valence-electron chi connectivity index (χ0n) is 9.87. The molecule has 1 saturated heterocycles. The van der Waals surface area contributed by atoms with E-state index in [-0.39, 0.29) is 0 Å². The summed E-state index contributed by atoms with van der Waals surface area (Å²) >= 11 is 0. The number of nitrogens with one attached hydrogen (secondary N) is 1. The number of hydrogen-bond donors (Lipinski definition) is 3. The van der Waals surface area contributed by atoms with Crippen LogP contribution in [-0.4, -0.2) is 56.9 Å². The summed E-state index contributed by atoms with van der Waals surface area (Å²) in [6.07, 6.45) is 2.12. The lowest BCUT2D eigenvalue weighted by Crippen LogP contribution is -2.22. The Morgan fingerprint density at radius 2 is 2.00 bits per heavy atom. The van der Waals surface area contributed by atoms with Crippen LogP contribution >= 0.6 is 0 Å². The summed E-state index contributed by atoms with van der Waals surface area (Å²) in [5.74, 6) is 0.762. The molecule has 94 valence electrons. The van der Waals surface area contributed by atoms with Crippen LogP contribution in [0.2, 0.25) is 0 Å². The molecule has 0 saturated carbocycles. The highest BCUT2D eigenvalue weighted by Crippen LogP contribution is 2.13. The van der Waals surface area contributed by atoms with Gasteiger partial charge in [0.1, 0.15) is 5.82 Å². The van der Waals surface area contributed by atoms with Crippen LogP contribution in [0.3, 0.4) is 0 Å². The van der Waals surface area contributed by atoms with Crippen molar-refractivity contribution in [2.24, 2.45) is 0 Å². The van der Waals surface area contributed by atoms with Gasteiger partial charge in [-0.3, -0.25) is 9.88 Å². The van der Waals surface area contributed by atoms with Gasteiger partial charge in [0.05, 0.1) is 30.3 Å². The van der Waals surface area contributed by atoms with Crippen molar-refractivity contribution in [2.75, 3.05) is 25.0 Å². The van der Waals surface area contributed by atoms with Crippen LogP contribution in [0.1, 0.15) is 12.6 Å². The van der Waals surface area contributed by atoms with E-state index >= 15 is 0 Å². The molecule has 1 aliphatic heterocycles. The first-order chi connectivity index (χ1) is 8.19. The average molecular weight is 238 g/mol. The molecule has 6 nitrogen and oxygen atoms in total. The Morgan fingerprint density at radius 3 is 2.53 bits per heavy atom. The second kappa shape index (κ2) is 5.39. The molecule has 1 aliphatic rings. The van der Waals surface area contributed by atoms with Crippen LogP contribution in [0.15, 0.2) is 12.4 Å². The van der Waals surface area contributed by atoms with E-state index in [0.717, 1.165) is 18.1 Å². The van der Waals surface area contributed by atoms with Crippen LogP contribution in [-0.2, 0) is 6.54 Å². The van der Waals surface area contributed by atoms with E-state index in [0.29, 0.717) is 19.6 Å². The van der Waals surface area contributed by atoms with Gasteiger partial charge >= 0.3 is 0 Å². The van der Waals surface area contributed by atoms with Crippen LogP contribution in [0.25, 0.3) is 0 Å². The molecular formula is C11H18N4O2. The molecule has 2 unspecified atom stereocenters. The van der Waals surface area contributed by atoms with Gasteiger partial charge in [-0.05, 0) is 6.92 Å². The van der Waals surface area contributed by atoms with Crippen LogP contribution < -0.4 is 5.32 Å². The molecule has 1 aromatic rings. The molecule has 0 aromatic carbocycles. The van der Waals surface area contributed by atoms with E-state index in [2.05, 4.69) is 15.3 Å². The second-order valence-electron chi connectivity index (χ2n) is 4.25. The molecule has 0 radical (unpaired) electrons. The Labute approximate surface area is 100 Å². The maximum atomic E-state index is 9.42. The van der Waals surface area contributed by atoms with Crippen molar-refractivity contribution in [1.82, 2.24) is 14.9 Å². The molecule has 0 aliphatic carbocycles. The fourth-order valence-corrected chi connectivity index (χ4v) is 1.91. The Kier molecular flexibility index (Phi) is 3.88. The van der Waals surface area contributed by atoms with E-state index in [4.69, 9.17) is 0 Å². The topological polar surface area (TPSA) is 81.5 Å². The standard InChI is InChI=1S/C11H18N4O2/c1-2-12-11-4-13-8(3-14-11)5-15-6-9(16)10(17)7-15/h3-4,9-10,16-17H,2,5-7H2,1H3,(H,12,14). The van der Waals surface area contributed by atoms with Gasteiger partial charge in [-0.15, -0.1) is 0 Å². The van der Waals surface area contributed by atoms with Crippen molar-refractivity contribution < 1.29 is 10.2 Å². The summed E-state index contributed by atoms with van der Waals surface area (Å²) in [7, 11) is 0. The lowest BCUT2D eigenvalue weighted by molar-refractivity contribution is 0.0572. The summed E-state index contributed by atoms with van der Waals surface area (Å²) in [6, 6.07) is 0. The quantitative estimate of drug-likeness (QED) is 0.653. The van der Waals surface area contributed by atoms with Crippen molar-refractivity contribution in [3.05, 3.63) is 18.1 Å². The number of aliphatic hydroxyl groups excluding tert-OH is 2. The Bertz CT molecular complexity index is 347. The number of hydrogen-bond acceptors (Lipinski definition) is 6. The molecule has 0 amide bonds. The summed E-state index contributed by atoms with van der Waals surface area (Å²) in [4.78, 5) is 10.5. The van der Waals surface area contributed by atoms with E-state index in [1.807, 2.05) is 11.8 Å². The molecule has 2 rings (SSSR count). The SMILES string of the molecule is CCNc1cnc(CN2CC(O)C(O)C2)cn1. The maximum Gasteiger partial charge on any atom is 0.144 e. The molecule has 1 aromatic heterocycles. The molecule has 2 atom stereocenters. The third-order valence-corrected chi connectivity index (χ3v) is 2.78. The van der Waals surface area contributed by atoms with Gasteiger partial charge in [0.25, 0.3) is 0 Å². The highest BCUT2D eigenvalue weighted by atomic mass is 16.3. The first-order valence-electron chi connectivity index (χ1n) is 5.82. The number of β-amino-alcohol motifs (C(OH)–C–C–N with tert-alkyl or cyclic N) is 2. The van der Waals surface area contributed by atoms with E-state index in [1.165, 1.54) is 0 Å². The summed E-state index contributed by atoms with van der Waals surface area (Å²) < 4.78 is 0. The maximum absolute atomic E-state index is 9.42. The highest BCUT2D eigenvalue weighted by Gasteiger charge is 2.29. The van der Waals surface area contributed by atoms with E-state index in [1.54, 1.807) is 12.4 Å². The van der Waals surface area contributed by atoms with Crippen molar-refractivity contribution >= 4 is 5.82 Å². The average Bonchev–Trinajstić information content (AvgIpc) is 2.61. The Hall–Kier alpha value is -1.24. The second-order valence-corrected chi connectivity index (χ2v) is 4.25. The normalized spacial score (nSPS) is 25.1. The zero-order valence-corrected chi connectivity index (χ0v) is 9.87. The lowest BCUT2D eigenvalue weighted by Gasteiger charge is -2.13. The monoisotopic (exact) mass is 238 g/mol. The molecule has 0 bridgehead atoms. The third kappa shape index (κ3) is 3.12. The predicted octanol–water partition coefficient (Wildman–Crippen LogP) is -0.554. The molecule has 17 heavy (non-hydrogen) atoms. The van der Waals surface area contributed by atoms with E-state index < -0.39 is 12.2 Å². The summed E-state index contributed by atoms with van der Waals surface area (Å²) in [6.45, 7) is 4.39. The number of likely N-dealkylation sites (tertiary alicyclic amines) is 1. The van der Waals surface area contributed by atoms with Gasteiger partial charge in [-0.2, -0.15) is 0 Å². The minimum Gasteiger partial charge on any atom is -0.389 e. The molecule has 6 heteroatoms. The van der Waals surface area contributed by atoms with Crippen LogP contribution in [0, 0.1) is 0 Å². The van der Waals surface area contributed by atoms with Crippen molar-refractivity contribution in [3.63, 3.8) is 0 Å². The van der Waals surface area contributed by atoms with Crippen molar-refractivity contribution in [1.29, 1.82) is 0 Å². The van der Waals surface area contributed by atoms with Gasteiger partial charge in [0.2, 0.25) is 0 Å². The van der Waals surface area contributed by atoms with Crippen LogP contribution in [0.4, 0.5) is 5.82 Å². The fourth-order valence-electron chi connectivity index (χ4n) is 1.91. The predicted molar refractivity (Wildman–Crippen MR) is 63.5 cm³/mol. The minimum absolute atomic E-state index is 0.484. The Morgan fingerprint density at radius 1 is 1.29 bits per heavy atom. The molecule has 1 fully saturated rings. The van der Waals surface area contributed by atoms with Gasteiger partial charge < -0.3 is 15.5 Å². The molecule has 0 spiro atoms. The first-order valence-corrected chi connectivity index (χ1v) is 5.82. The number of rotatable bonds is 4. The minimum atomic E-state index is -0.649. The van der Waals surface area contributed by atoms with E-state index in [9.17, 15) is 10.2 Å². The van der Waals surface area contributed by atoms with Crippen molar-refractivity contribution in [3.8, 4) is 0 Å². The van der Waals surface area contributed by atoms with Crippen LogP contribution in [0.5, 0.6) is 0 Å². The number of aromatic nitrogens is 2. The third-order valence-electron chi connectivity index (χ3n) is 2.78. The lowest BCUT2D eigenvalue weighted by atomic mass is 10.3. The number of nitrogens with zero attached hydrogens (tertiary/aromatic N) is 3. The molecular weight excluding hydrogens is 220 g/mol. The number of aliphatic hydroxyl groups is 2. The van der Waals surface area contributed by atoms with Gasteiger partial charge in [-0.25, -0.2) is 4.98 Å². The molecule has 3 N–H and O–H groups in total. The Balaban J connectivity index is 1.91. The summed E-state index contributed by atoms with van der Waals surface area (Å²) in [5, 5.41) is 21.9. The van der Waals surface area contributed by atoms with Gasteiger partial charge in [-0.1, -0.05) is 0 Å². The van der Waals surface area contributed by atoms with Crippen molar-refractivity contribution in [2.45, 2.75) is 25.7 Å². The number of anilines is 1. The van der Waals surface area contributed by atoms with Gasteiger partial charge in [0, 0.05) is 26.2 Å². The highest BCUT2D eigenvalue weighted by molar-refractivity contribution is 5.30. The summed E-state index contributed by atoms with van der Waals surface area (Å²) in [5.41, 5.74) is 0.841. The first kappa shape index (κ1) is 12.2. The largest absolute Gasteiger partial charge is 0.389 e. The molecule has 2 heterocycles. The fraction of sp³-hybridized carbons (Fsp3) is 0.636. The zero-order chi connectivity index (χ0) is 12.3. The smallest absolute Gasteiger partial charge is 0.144 e. The van der Waals surface area contributed by atoms with Gasteiger partial charge in [0.15, 0.2) is 0 Å².